The van der Waals surface area contributed by atoms with Gasteiger partial charge in [0.1, 0.15) is 0 Å². The molecule has 23 heavy (non-hydrogen) atoms. The van der Waals surface area contributed by atoms with Crippen molar-refractivity contribution in [1.82, 2.24) is 14.5 Å². The van der Waals surface area contributed by atoms with Crippen molar-refractivity contribution in [2.24, 2.45) is 0 Å². The molecule has 2 saturated heterocycles. The van der Waals surface area contributed by atoms with Crippen LogP contribution in [0.1, 0.15) is 35.4 Å². The fraction of sp³-hybridized carbons (Fsp3) is 0.667. The van der Waals surface area contributed by atoms with E-state index in [0.29, 0.717) is 24.0 Å². The van der Waals surface area contributed by atoms with Crippen molar-refractivity contribution in [3.63, 3.8) is 0 Å². The van der Waals surface area contributed by atoms with Gasteiger partial charge >= 0.3 is 0 Å². The number of sulfonamides is 1. The Balaban J connectivity index is 1.70. The van der Waals surface area contributed by atoms with E-state index in [4.69, 9.17) is 0 Å². The van der Waals surface area contributed by atoms with Crippen LogP contribution in [0.15, 0.2) is 16.3 Å². The topological polar surface area (TPSA) is 69.7 Å². The summed E-state index contributed by atoms with van der Waals surface area (Å²) in [4.78, 5) is 14.7. The van der Waals surface area contributed by atoms with Crippen LogP contribution in [0.4, 0.5) is 0 Å². The van der Waals surface area contributed by atoms with Crippen molar-refractivity contribution in [3.8, 4) is 0 Å². The van der Waals surface area contributed by atoms with Crippen molar-refractivity contribution in [2.75, 3.05) is 33.2 Å². The minimum atomic E-state index is -3.49. The molecule has 1 unspecified atom stereocenters. The van der Waals surface area contributed by atoms with Gasteiger partial charge in [-0.3, -0.25) is 9.69 Å². The second kappa shape index (κ2) is 6.88. The first-order valence-electron chi connectivity index (χ1n) is 8.07. The van der Waals surface area contributed by atoms with Gasteiger partial charge in [-0.25, -0.2) is 8.42 Å². The quantitative estimate of drug-likeness (QED) is 0.883. The molecule has 128 valence electrons. The maximum absolute atomic E-state index is 12.8. The number of hydrogen-bond donors (Lipinski definition) is 1. The molecule has 0 radical (unpaired) electrons. The van der Waals surface area contributed by atoms with Crippen LogP contribution in [0.2, 0.25) is 0 Å². The standard InChI is InChI=1S/C15H23N3O3S2/c1-16-15(19)14-9-13(11-22-14)23(20,21)18-8-5-12(10-18)17-6-3-2-4-7-17/h9,11-12H,2-8,10H2,1H3,(H,16,19). The van der Waals surface area contributed by atoms with Crippen LogP contribution < -0.4 is 5.32 Å². The highest BCUT2D eigenvalue weighted by Gasteiger charge is 2.36. The van der Waals surface area contributed by atoms with E-state index in [2.05, 4.69) is 10.2 Å². The SMILES string of the molecule is CNC(=O)c1cc(S(=O)(=O)N2CCC(N3CCCCC3)C2)cs1. The Kier molecular flexibility index (Phi) is 5.05. The van der Waals surface area contributed by atoms with Gasteiger partial charge in [-0.15, -0.1) is 11.3 Å². The summed E-state index contributed by atoms with van der Waals surface area (Å²) < 4.78 is 27.1. The number of piperidine rings is 1. The molecule has 0 saturated carbocycles. The van der Waals surface area contributed by atoms with E-state index in [1.165, 1.54) is 36.7 Å². The Morgan fingerprint density at radius 1 is 1.26 bits per heavy atom. The second-order valence-electron chi connectivity index (χ2n) is 6.13. The first kappa shape index (κ1) is 16.9. The number of carbonyl (C=O) groups excluding carboxylic acids is 1. The predicted molar refractivity (Wildman–Crippen MR) is 90.3 cm³/mol. The number of hydrogen-bond acceptors (Lipinski definition) is 5. The molecule has 1 N–H and O–H groups in total. The molecule has 6 nitrogen and oxygen atoms in total. The summed E-state index contributed by atoms with van der Waals surface area (Å²) in [6.45, 7) is 3.29. The first-order chi connectivity index (χ1) is 11.0. The molecule has 0 spiro atoms. The Morgan fingerprint density at radius 3 is 2.70 bits per heavy atom. The fourth-order valence-electron chi connectivity index (χ4n) is 3.36. The molecule has 0 aromatic carbocycles. The zero-order valence-corrected chi connectivity index (χ0v) is 15.0. The van der Waals surface area contributed by atoms with Crippen LogP contribution in [0.3, 0.4) is 0 Å². The van der Waals surface area contributed by atoms with Crippen LogP contribution in [0, 0.1) is 0 Å². The third-order valence-electron chi connectivity index (χ3n) is 4.70. The van der Waals surface area contributed by atoms with E-state index in [1.54, 1.807) is 16.7 Å². The largest absolute Gasteiger partial charge is 0.354 e. The van der Waals surface area contributed by atoms with Gasteiger partial charge in [-0.05, 0) is 38.4 Å². The molecule has 0 aliphatic carbocycles. The molecule has 1 atom stereocenters. The number of rotatable bonds is 4. The smallest absolute Gasteiger partial charge is 0.261 e. The summed E-state index contributed by atoms with van der Waals surface area (Å²) in [6.07, 6.45) is 4.60. The Labute approximate surface area is 141 Å². The van der Waals surface area contributed by atoms with E-state index < -0.39 is 10.0 Å². The molecule has 2 aliphatic heterocycles. The minimum absolute atomic E-state index is 0.236. The summed E-state index contributed by atoms with van der Waals surface area (Å²) in [5.74, 6) is -0.246. The van der Waals surface area contributed by atoms with E-state index >= 15 is 0 Å². The predicted octanol–water partition coefficient (Wildman–Crippen LogP) is 1.36. The summed E-state index contributed by atoms with van der Waals surface area (Å²) in [5, 5.41) is 4.09. The summed E-state index contributed by atoms with van der Waals surface area (Å²) in [6, 6.07) is 1.81. The molecule has 3 heterocycles. The number of nitrogens with zero attached hydrogens (tertiary/aromatic N) is 2. The highest BCUT2D eigenvalue weighted by atomic mass is 32.2. The van der Waals surface area contributed by atoms with E-state index in [1.807, 2.05) is 0 Å². The summed E-state index contributed by atoms with van der Waals surface area (Å²) in [7, 11) is -1.95. The Bertz CT molecular complexity index is 665. The lowest BCUT2D eigenvalue weighted by atomic mass is 10.1. The molecule has 2 fully saturated rings. The van der Waals surface area contributed by atoms with Gasteiger partial charge in [0.25, 0.3) is 5.91 Å². The molecule has 8 heteroatoms. The molecule has 1 amide bonds. The molecule has 2 aliphatic rings. The Hall–Kier alpha value is -0.960. The van der Waals surface area contributed by atoms with Gasteiger partial charge in [-0.1, -0.05) is 6.42 Å². The fourth-order valence-corrected chi connectivity index (χ4v) is 6.06. The average Bonchev–Trinajstić information content (AvgIpc) is 3.25. The number of nitrogens with one attached hydrogen (secondary N) is 1. The summed E-state index contributed by atoms with van der Waals surface area (Å²) in [5.41, 5.74) is 0. The van der Waals surface area contributed by atoms with Crippen molar-refractivity contribution < 1.29 is 13.2 Å². The van der Waals surface area contributed by atoms with E-state index in [0.717, 1.165) is 19.5 Å². The normalized spacial score (nSPS) is 24.0. The average molecular weight is 358 g/mol. The number of likely N-dealkylation sites (tertiary alicyclic amines) is 1. The molecular weight excluding hydrogens is 334 g/mol. The van der Waals surface area contributed by atoms with Crippen molar-refractivity contribution >= 4 is 27.3 Å². The van der Waals surface area contributed by atoms with Gasteiger partial charge in [-0.2, -0.15) is 4.31 Å². The minimum Gasteiger partial charge on any atom is -0.354 e. The molecular formula is C15H23N3O3S2. The van der Waals surface area contributed by atoms with E-state index in [9.17, 15) is 13.2 Å². The second-order valence-corrected chi connectivity index (χ2v) is 8.98. The lowest BCUT2D eigenvalue weighted by molar-refractivity contribution is 0.0967. The maximum atomic E-state index is 12.8. The van der Waals surface area contributed by atoms with E-state index in [-0.39, 0.29) is 10.8 Å². The molecule has 0 bridgehead atoms. The third kappa shape index (κ3) is 3.45. The van der Waals surface area contributed by atoms with Crippen LogP contribution in [0.5, 0.6) is 0 Å². The van der Waals surface area contributed by atoms with Crippen LogP contribution in [-0.4, -0.2) is 62.8 Å². The zero-order chi connectivity index (χ0) is 16.4. The van der Waals surface area contributed by atoms with Crippen LogP contribution in [0.25, 0.3) is 0 Å². The first-order valence-corrected chi connectivity index (χ1v) is 10.4. The molecule has 1 aromatic heterocycles. The van der Waals surface area contributed by atoms with Crippen molar-refractivity contribution in [3.05, 3.63) is 16.3 Å². The molecule has 1 aromatic rings. The zero-order valence-electron chi connectivity index (χ0n) is 13.3. The van der Waals surface area contributed by atoms with Crippen LogP contribution in [-0.2, 0) is 10.0 Å². The molecule has 3 rings (SSSR count). The number of thiophene rings is 1. The van der Waals surface area contributed by atoms with Gasteiger partial charge in [0.15, 0.2) is 0 Å². The van der Waals surface area contributed by atoms with Crippen LogP contribution >= 0.6 is 11.3 Å². The third-order valence-corrected chi connectivity index (χ3v) is 7.62. The highest BCUT2D eigenvalue weighted by molar-refractivity contribution is 7.89. The monoisotopic (exact) mass is 357 g/mol. The highest BCUT2D eigenvalue weighted by Crippen LogP contribution is 2.28. The van der Waals surface area contributed by atoms with Crippen molar-refractivity contribution in [1.29, 1.82) is 0 Å². The lowest BCUT2D eigenvalue weighted by Gasteiger charge is -2.32. The summed E-state index contributed by atoms with van der Waals surface area (Å²) >= 11 is 1.17. The number of carbonyl (C=O) groups is 1. The van der Waals surface area contributed by atoms with Gasteiger partial charge in [0.05, 0.1) is 9.77 Å². The van der Waals surface area contributed by atoms with Gasteiger partial charge in [0, 0.05) is 31.6 Å². The lowest BCUT2D eigenvalue weighted by Crippen LogP contribution is -2.41. The van der Waals surface area contributed by atoms with Gasteiger partial charge in [0.2, 0.25) is 10.0 Å². The number of amides is 1. The maximum Gasteiger partial charge on any atom is 0.261 e. The van der Waals surface area contributed by atoms with Crippen molar-refractivity contribution in [2.45, 2.75) is 36.6 Å². The Morgan fingerprint density at radius 2 is 2.00 bits per heavy atom. The van der Waals surface area contributed by atoms with Gasteiger partial charge < -0.3 is 5.32 Å².